The summed E-state index contributed by atoms with van der Waals surface area (Å²) in [5.41, 5.74) is 6.25. The van der Waals surface area contributed by atoms with Crippen LogP contribution in [0.5, 0.6) is 0 Å². The average molecular weight is 765 g/mol. The van der Waals surface area contributed by atoms with Crippen molar-refractivity contribution in [3.63, 3.8) is 0 Å². The predicted octanol–water partition coefficient (Wildman–Crippen LogP) is -3.62. The number of aliphatic hydroxyl groups is 4. The Morgan fingerprint density at radius 3 is 2.25 bits per heavy atom. The van der Waals surface area contributed by atoms with E-state index in [1.54, 1.807) is 27.0 Å². The number of carbonyl (C=O) groups is 3. The molecule has 0 bridgehead atoms. The molecule has 1 aliphatic rings. The first-order valence-corrected chi connectivity index (χ1v) is 17.0. The highest BCUT2D eigenvalue weighted by Gasteiger charge is 2.44. The second-order valence-corrected chi connectivity index (χ2v) is 12.4. The fraction of sp³-hybridized carbons (Fsp3) is 0.833. The van der Waals surface area contributed by atoms with E-state index in [1.807, 2.05) is 0 Å². The number of carbonyl (C=O) groups excluding carboxylic acids is 3. The first-order valence-electron chi connectivity index (χ1n) is 17.0. The molecule has 0 radical (unpaired) electrons. The normalized spacial score (nSPS) is 20.6. The summed E-state index contributed by atoms with van der Waals surface area (Å²) in [5, 5.41) is 58.2. The molecule has 3 amide bonds. The van der Waals surface area contributed by atoms with E-state index in [9.17, 15) is 34.8 Å². The van der Waals surface area contributed by atoms with Crippen molar-refractivity contribution in [2.24, 2.45) is 5.11 Å². The Kier molecular flexibility index (Phi) is 21.7. The zero-order valence-electron chi connectivity index (χ0n) is 30.3. The van der Waals surface area contributed by atoms with Crippen molar-refractivity contribution in [2.45, 2.75) is 76.1 Å². The topological polar surface area (TPSA) is 314 Å². The molecule has 8 N–H and O–H groups in total. The van der Waals surface area contributed by atoms with Gasteiger partial charge in [0.25, 0.3) is 0 Å². The van der Waals surface area contributed by atoms with E-state index in [4.69, 9.17) is 38.7 Å². The number of nitrogens with zero attached hydrogens (tertiary/aromatic N) is 5. The van der Waals surface area contributed by atoms with Gasteiger partial charge in [0.05, 0.1) is 71.7 Å². The molecule has 1 aromatic heterocycles. The third kappa shape index (κ3) is 19.2. The number of hydrogen-bond acceptors (Lipinski definition) is 18. The second kappa shape index (κ2) is 25.3. The summed E-state index contributed by atoms with van der Waals surface area (Å²) >= 11 is 0. The number of amides is 3. The number of nitrogens with one attached hydrogen (secondary N) is 4. The Hall–Kier alpha value is -3.74. The summed E-state index contributed by atoms with van der Waals surface area (Å²) in [6, 6.07) is -1.00. The minimum Gasteiger partial charge on any atom is -0.444 e. The van der Waals surface area contributed by atoms with Gasteiger partial charge in [0.15, 0.2) is 6.29 Å². The van der Waals surface area contributed by atoms with Gasteiger partial charge in [-0.2, -0.15) is 0 Å². The summed E-state index contributed by atoms with van der Waals surface area (Å²) in [7, 11) is 0. The molecular weight excluding hydrogens is 710 g/mol. The highest BCUT2D eigenvalue weighted by molar-refractivity contribution is 5.85. The van der Waals surface area contributed by atoms with Crippen molar-refractivity contribution in [3.8, 4) is 0 Å². The average Bonchev–Trinajstić information content (AvgIpc) is 3.56. The van der Waals surface area contributed by atoms with Gasteiger partial charge in [-0.05, 0) is 20.8 Å². The largest absolute Gasteiger partial charge is 0.444 e. The Morgan fingerprint density at radius 1 is 0.962 bits per heavy atom. The zero-order valence-corrected chi connectivity index (χ0v) is 30.3. The molecule has 0 spiro atoms. The molecule has 23 nitrogen and oxygen atoms in total. The van der Waals surface area contributed by atoms with E-state index in [1.165, 1.54) is 4.68 Å². The van der Waals surface area contributed by atoms with Crippen LogP contribution in [0, 0.1) is 5.53 Å². The smallest absolute Gasteiger partial charge is 0.408 e. The van der Waals surface area contributed by atoms with Crippen LogP contribution < -0.4 is 20.9 Å². The van der Waals surface area contributed by atoms with Gasteiger partial charge in [-0.25, -0.2) is 9.48 Å². The summed E-state index contributed by atoms with van der Waals surface area (Å²) in [4.78, 5) is 40.3. The van der Waals surface area contributed by atoms with Crippen LogP contribution in [0.15, 0.2) is 11.3 Å². The van der Waals surface area contributed by atoms with Crippen LogP contribution in [0.3, 0.4) is 0 Å². The molecule has 1 saturated heterocycles. The van der Waals surface area contributed by atoms with E-state index < -0.39 is 73.5 Å². The standard InChI is InChI=1S/C30H53N9O14/c1-30(2,3)53-29(46)35-21(27(45)33-5-9-48-12-13-49-10-6-34-37-31)16-20-17-39(38-36-20)7-11-50-15-14-47-8-4-32-23(41)19-51-28-26(44)25(43)24(42)22(18-40)52-28/h17,21-22,24-26,28,31,40,42-44H,4-16,18-19H2,1-3H3,(H2-,32,33,35,41,45,46)/p+1/t21-,22+,24+,25-,26+,28+/m0/s1. The van der Waals surface area contributed by atoms with Crippen LogP contribution >= 0.6 is 0 Å². The summed E-state index contributed by atoms with van der Waals surface area (Å²) in [6.07, 6.45) is -6.36. The maximum Gasteiger partial charge on any atom is 0.408 e. The second-order valence-electron chi connectivity index (χ2n) is 12.4. The molecule has 0 aliphatic carbocycles. The number of ether oxygens (including phenoxy) is 7. The lowest BCUT2D eigenvalue weighted by Gasteiger charge is -2.39. The molecule has 2 heterocycles. The molecule has 2 rings (SSSR count). The van der Waals surface area contributed by atoms with Crippen LogP contribution in [-0.2, 0) is 55.7 Å². The van der Waals surface area contributed by atoms with Gasteiger partial charge in [0.1, 0.15) is 59.9 Å². The first-order chi connectivity index (χ1) is 25.3. The SMILES string of the molecule is CC(C)(C)OC(=O)N[C@@H](Cc1cn(CCOCCOCCNC(=O)CO[C@@H]2O[C@H](CO)[C@@H](O)[C@H](O)[C@H]2O)nn1)C(=O)NCCOCCOCCN=[N+]=N. The molecule has 302 valence electrons. The lowest BCUT2D eigenvalue weighted by molar-refractivity contribution is -0.299. The molecule has 53 heavy (non-hydrogen) atoms. The maximum atomic E-state index is 13.0. The quantitative estimate of drug-likeness (QED) is 0.0256. The van der Waals surface area contributed by atoms with E-state index in [-0.39, 0.29) is 59.1 Å². The van der Waals surface area contributed by atoms with Gasteiger partial charge in [0.2, 0.25) is 16.7 Å². The molecule has 0 saturated carbocycles. The molecule has 0 unspecified atom stereocenters. The number of hydrogen-bond donors (Lipinski definition) is 8. The van der Waals surface area contributed by atoms with E-state index in [0.717, 1.165) is 0 Å². The fourth-order valence-corrected chi connectivity index (χ4v) is 4.41. The molecule has 23 heteroatoms. The van der Waals surface area contributed by atoms with Crippen LogP contribution in [0.25, 0.3) is 0 Å². The molecule has 1 fully saturated rings. The lowest BCUT2D eigenvalue weighted by atomic mass is 9.99. The number of rotatable bonds is 26. The van der Waals surface area contributed by atoms with E-state index >= 15 is 0 Å². The highest BCUT2D eigenvalue weighted by Crippen LogP contribution is 2.21. The van der Waals surface area contributed by atoms with Crippen molar-refractivity contribution >= 4 is 17.9 Å². The summed E-state index contributed by atoms with van der Waals surface area (Å²) in [5.74, 6) is -0.997. The zero-order chi connectivity index (χ0) is 39.1. The van der Waals surface area contributed by atoms with Gasteiger partial charge in [-0.15, -0.1) is 5.10 Å². The van der Waals surface area contributed by atoms with Crippen LogP contribution in [-0.4, -0.2) is 181 Å². The van der Waals surface area contributed by atoms with Gasteiger partial charge in [0, 0.05) is 25.7 Å². The van der Waals surface area contributed by atoms with Gasteiger partial charge >= 0.3 is 6.09 Å². The van der Waals surface area contributed by atoms with Crippen molar-refractivity contribution < 1.29 is 68.0 Å². The molecule has 0 aromatic carbocycles. The number of aromatic nitrogens is 3. The molecule has 1 aromatic rings. The van der Waals surface area contributed by atoms with Crippen molar-refractivity contribution in [1.29, 1.82) is 5.53 Å². The molecule has 1 aliphatic heterocycles. The van der Waals surface area contributed by atoms with Crippen molar-refractivity contribution in [2.75, 3.05) is 85.7 Å². The van der Waals surface area contributed by atoms with Gasteiger partial charge in [-0.3, -0.25) is 9.59 Å². The minimum atomic E-state index is -1.60. The Balaban J connectivity index is 1.63. The van der Waals surface area contributed by atoms with Crippen molar-refractivity contribution in [1.82, 2.24) is 35.9 Å². The van der Waals surface area contributed by atoms with Gasteiger partial charge in [-0.1, -0.05) is 5.21 Å². The summed E-state index contributed by atoms with van der Waals surface area (Å²) < 4.78 is 38.9. The highest BCUT2D eigenvalue weighted by atomic mass is 16.7. The molecule has 6 atom stereocenters. The monoisotopic (exact) mass is 764 g/mol. The van der Waals surface area contributed by atoms with Crippen LogP contribution in [0.1, 0.15) is 26.5 Å². The maximum absolute atomic E-state index is 13.0. The number of alkyl carbamates (subject to hydrolysis) is 1. The Morgan fingerprint density at radius 2 is 1.60 bits per heavy atom. The fourth-order valence-electron chi connectivity index (χ4n) is 4.41. The lowest BCUT2D eigenvalue weighted by Crippen LogP contribution is -2.59. The van der Waals surface area contributed by atoms with E-state index in [2.05, 4.69) is 36.3 Å². The van der Waals surface area contributed by atoms with Gasteiger partial charge < -0.3 is 69.5 Å². The third-order valence-corrected chi connectivity index (χ3v) is 6.96. The third-order valence-electron chi connectivity index (χ3n) is 6.96. The van der Waals surface area contributed by atoms with Crippen LogP contribution in [0.2, 0.25) is 0 Å². The van der Waals surface area contributed by atoms with Crippen LogP contribution in [0.4, 0.5) is 4.79 Å². The number of aliphatic hydroxyl groups excluding tert-OH is 4. The molecular formula is C30H54N9O14+. The van der Waals surface area contributed by atoms with Crippen molar-refractivity contribution in [3.05, 3.63) is 11.9 Å². The minimum absolute atomic E-state index is 0.0422. The first kappa shape index (κ1) is 45.4. The Bertz CT molecular complexity index is 1260. The summed E-state index contributed by atoms with van der Waals surface area (Å²) in [6.45, 7) is 7.11. The Labute approximate surface area is 306 Å². The predicted molar refractivity (Wildman–Crippen MR) is 178 cm³/mol. The van der Waals surface area contributed by atoms with E-state index in [0.29, 0.717) is 32.1 Å².